The fourth-order valence-corrected chi connectivity index (χ4v) is 2.99. The molecule has 0 amide bonds. The van der Waals surface area contributed by atoms with Crippen molar-refractivity contribution in [3.8, 4) is 11.1 Å². The maximum atomic E-state index is 11.6. The summed E-state index contributed by atoms with van der Waals surface area (Å²) in [5.74, 6) is -1.80. The Balaban J connectivity index is 2.47. The van der Waals surface area contributed by atoms with Crippen LogP contribution in [0.5, 0.6) is 0 Å². The van der Waals surface area contributed by atoms with Crippen LogP contribution in [-0.4, -0.2) is 27.9 Å². The van der Waals surface area contributed by atoms with Crippen molar-refractivity contribution in [3.63, 3.8) is 0 Å². The van der Waals surface area contributed by atoms with Crippen LogP contribution >= 0.6 is 12.6 Å². The fraction of sp³-hybridized carbons (Fsp3) is 0.263. The Kier molecular flexibility index (Phi) is 6.44. The topological polar surface area (TPSA) is 74.6 Å². The highest BCUT2D eigenvalue weighted by Gasteiger charge is 2.22. The summed E-state index contributed by atoms with van der Waals surface area (Å²) in [7, 11) is 0. The molecule has 0 aliphatic carbocycles. The van der Waals surface area contributed by atoms with Gasteiger partial charge in [-0.3, -0.25) is 4.79 Å². The van der Waals surface area contributed by atoms with Gasteiger partial charge in [0.15, 0.2) is 0 Å². The summed E-state index contributed by atoms with van der Waals surface area (Å²) in [5.41, 5.74) is 2.32. The van der Waals surface area contributed by atoms with Gasteiger partial charge in [-0.05, 0) is 47.8 Å². The summed E-state index contributed by atoms with van der Waals surface area (Å²) in [6.07, 6.45) is 1.53. The number of rotatable bonds is 8. The van der Waals surface area contributed by atoms with Crippen molar-refractivity contribution in [1.29, 1.82) is 0 Å². The largest absolute Gasteiger partial charge is 0.481 e. The molecule has 4 nitrogen and oxygen atoms in total. The average molecular weight is 344 g/mol. The standard InChI is InChI=1S/C19H20O4S/c20-18(21)15(9-5-11-24)12-14-8-4-10-16(19(22)23)17(14)13-6-2-1-3-7-13/h1-4,6-8,10,15,24H,5,9,11-12H2,(H,20,21)(H,22,23). The number of aliphatic carboxylic acids is 1. The molecule has 0 aliphatic heterocycles. The zero-order valence-electron chi connectivity index (χ0n) is 13.2. The first-order valence-corrected chi connectivity index (χ1v) is 8.42. The van der Waals surface area contributed by atoms with Gasteiger partial charge < -0.3 is 10.2 Å². The van der Waals surface area contributed by atoms with Gasteiger partial charge in [0.25, 0.3) is 0 Å². The van der Waals surface area contributed by atoms with Crippen molar-refractivity contribution >= 4 is 24.6 Å². The third-order valence-corrected chi connectivity index (χ3v) is 4.29. The summed E-state index contributed by atoms with van der Waals surface area (Å²) in [5, 5.41) is 19.0. The quantitative estimate of drug-likeness (QED) is 0.633. The average Bonchev–Trinajstić information content (AvgIpc) is 2.58. The molecular weight excluding hydrogens is 324 g/mol. The van der Waals surface area contributed by atoms with Crippen LogP contribution in [0.25, 0.3) is 11.1 Å². The number of aromatic carboxylic acids is 1. The van der Waals surface area contributed by atoms with Crippen LogP contribution in [0.1, 0.15) is 28.8 Å². The maximum Gasteiger partial charge on any atom is 0.336 e. The molecule has 5 heteroatoms. The predicted molar refractivity (Wildman–Crippen MR) is 96.8 cm³/mol. The van der Waals surface area contributed by atoms with E-state index in [1.165, 1.54) is 0 Å². The summed E-state index contributed by atoms with van der Waals surface area (Å²) >= 11 is 4.14. The Bertz CT molecular complexity index is 713. The monoisotopic (exact) mass is 344 g/mol. The minimum Gasteiger partial charge on any atom is -0.481 e. The van der Waals surface area contributed by atoms with Gasteiger partial charge in [-0.25, -0.2) is 4.79 Å². The number of hydrogen-bond acceptors (Lipinski definition) is 3. The van der Waals surface area contributed by atoms with Crippen LogP contribution in [0.4, 0.5) is 0 Å². The molecule has 0 spiro atoms. The van der Waals surface area contributed by atoms with Crippen LogP contribution in [0.2, 0.25) is 0 Å². The second-order valence-electron chi connectivity index (χ2n) is 5.62. The molecule has 2 N–H and O–H groups in total. The molecule has 126 valence electrons. The van der Waals surface area contributed by atoms with Crippen molar-refractivity contribution in [1.82, 2.24) is 0 Å². The highest BCUT2D eigenvalue weighted by Crippen LogP contribution is 2.30. The first-order chi connectivity index (χ1) is 11.5. The number of thiol groups is 1. The van der Waals surface area contributed by atoms with E-state index >= 15 is 0 Å². The van der Waals surface area contributed by atoms with E-state index in [2.05, 4.69) is 12.6 Å². The van der Waals surface area contributed by atoms with E-state index in [9.17, 15) is 19.8 Å². The number of carboxylic acids is 2. The Hall–Kier alpha value is -2.27. The molecule has 2 rings (SSSR count). The van der Waals surface area contributed by atoms with E-state index in [1.54, 1.807) is 12.1 Å². The van der Waals surface area contributed by atoms with Crippen LogP contribution in [-0.2, 0) is 11.2 Å². The Morgan fingerprint density at radius 3 is 2.29 bits per heavy atom. The zero-order chi connectivity index (χ0) is 17.5. The molecule has 1 atom stereocenters. The van der Waals surface area contributed by atoms with Crippen molar-refractivity contribution in [2.45, 2.75) is 19.3 Å². The molecule has 0 heterocycles. The van der Waals surface area contributed by atoms with Gasteiger partial charge in [-0.2, -0.15) is 12.6 Å². The number of benzene rings is 2. The smallest absolute Gasteiger partial charge is 0.336 e. The third-order valence-electron chi connectivity index (χ3n) is 3.97. The zero-order valence-corrected chi connectivity index (χ0v) is 14.1. The Morgan fingerprint density at radius 2 is 1.71 bits per heavy atom. The second-order valence-corrected chi connectivity index (χ2v) is 6.06. The van der Waals surface area contributed by atoms with Crippen LogP contribution in [0.3, 0.4) is 0 Å². The third kappa shape index (κ3) is 4.38. The molecule has 0 saturated heterocycles. The van der Waals surface area contributed by atoms with E-state index in [4.69, 9.17) is 0 Å². The first-order valence-electron chi connectivity index (χ1n) is 7.79. The minimum atomic E-state index is -1.02. The van der Waals surface area contributed by atoms with Crippen LogP contribution in [0.15, 0.2) is 48.5 Å². The van der Waals surface area contributed by atoms with E-state index in [0.717, 1.165) is 11.1 Å². The summed E-state index contributed by atoms with van der Waals surface area (Å²) in [4.78, 5) is 23.1. The summed E-state index contributed by atoms with van der Waals surface area (Å²) in [6.45, 7) is 0. The van der Waals surface area contributed by atoms with Gasteiger partial charge in [-0.15, -0.1) is 0 Å². The second kappa shape index (κ2) is 8.55. The minimum absolute atomic E-state index is 0.192. The van der Waals surface area contributed by atoms with E-state index in [0.29, 0.717) is 30.6 Å². The molecule has 0 aliphatic rings. The van der Waals surface area contributed by atoms with Crippen molar-refractivity contribution < 1.29 is 19.8 Å². The van der Waals surface area contributed by atoms with Crippen LogP contribution < -0.4 is 0 Å². The Morgan fingerprint density at radius 1 is 1.00 bits per heavy atom. The van der Waals surface area contributed by atoms with E-state index in [-0.39, 0.29) is 5.56 Å². The maximum absolute atomic E-state index is 11.6. The van der Waals surface area contributed by atoms with Gasteiger partial charge >= 0.3 is 11.9 Å². The van der Waals surface area contributed by atoms with Crippen molar-refractivity contribution in [2.75, 3.05) is 5.75 Å². The molecule has 0 radical (unpaired) electrons. The lowest BCUT2D eigenvalue weighted by atomic mass is 9.87. The van der Waals surface area contributed by atoms with Gasteiger partial charge in [-0.1, -0.05) is 42.5 Å². The van der Waals surface area contributed by atoms with Gasteiger partial charge in [0, 0.05) is 0 Å². The molecule has 0 aromatic heterocycles. The lowest BCUT2D eigenvalue weighted by molar-refractivity contribution is -0.141. The lowest BCUT2D eigenvalue weighted by Gasteiger charge is -2.17. The van der Waals surface area contributed by atoms with Crippen molar-refractivity contribution in [3.05, 3.63) is 59.7 Å². The number of hydrogen-bond donors (Lipinski definition) is 3. The summed E-state index contributed by atoms with van der Waals surface area (Å²) < 4.78 is 0. The Labute approximate surface area is 146 Å². The molecule has 2 aromatic rings. The molecule has 2 aromatic carbocycles. The van der Waals surface area contributed by atoms with E-state index < -0.39 is 17.9 Å². The molecule has 0 fully saturated rings. The van der Waals surface area contributed by atoms with E-state index in [1.807, 2.05) is 36.4 Å². The summed E-state index contributed by atoms with van der Waals surface area (Å²) in [6, 6.07) is 14.3. The van der Waals surface area contributed by atoms with Crippen LogP contribution in [0, 0.1) is 5.92 Å². The highest BCUT2D eigenvalue weighted by atomic mass is 32.1. The fourth-order valence-electron chi connectivity index (χ4n) is 2.81. The van der Waals surface area contributed by atoms with Gasteiger partial charge in [0.05, 0.1) is 11.5 Å². The molecular formula is C19H20O4S. The van der Waals surface area contributed by atoms with Gasteiger partial charge in [0.2, 0.25) is 0 Å². The molecule has 0 saturated carbocycles. The SMILES string of the molecule is O=C(O)c1cccc(CC(CCCS)C(=O)O)c1-c1ccccc1. The number of carboxylic acid groups (broad SMARTS) is 2. The molecule has 1 unspecified atom stereocenters. The predicted octanol–water partition coefficient (Wildman–Crippen LogP) is 4.01. The number of carbonyl (C=O) groups is 2. The normalized spacial score (nSPS) is 11.9. The van der Waals surface area contributed by atoms with Crippen molar-refractivity contribution in [2.24, 2.45) is 5.92 Å². The first kappa shape index (κ1) is 18.1. The molecule has 24 heavy (non-hydrogen) atoms. The highest BCUT2D eigenvalue weighted by molar-refractivity contribution is 7.80. The van der Waals surface area contributed by atoms with Gasteiger partial charge in [0.1, 0.15) is 0 Å². The molecule has 0 bridgehead atoms. The lowest BCUT2D eigenvalue weighted by Crippen LogP contribution is -2.17.